The first-order valence-corrected chi connectivity index (χ1v) is 5.57. The van der Waals surface area contributed by atoms with Crippen molar-refractivity contribution < 1.29 is 5.11 Å². The zero-order valence-corrected chi connectivity index (χ0v) is 10.1. The van der Waals surface area contributed by atoms with Crippen molar-refractivity contribution in [1.82, 2.24) is 4.98 Å². The minimum atomic E-state index is 0.0219. The quantitative estimate of drug-likeness (QED) is 0.877. The summed E-state index contributed by atoms with van der Waals surface area (Å²) in [6, 6.07) is 9.99. The summed E-state index contributed by atoms with van der Waals surface area (Å²) in [4.78, 5) is 6.17. The Hall–Kier alpha value is -1.87. The van der Waals surface area contributed by atoms with Gasteiger partial charge in [0.15, 0.2) is 0 Å². The molecule has 1 N–H and O–H groups in total. The summed E-state index contributed by atoms with van der Waals surface area (Å²) in [7, 11) is 1.98. The van der Waals surface area contributed by atoms with E-state index in [9.17, 15) is 5.11 Å². The number of aliphatic hydroxyl groups is 1. The molecule has 0 aliphatic rings. The number of aryl methyl sites for hydroxylation is 1. The van der Waals surface area contributed by atoms with Crippen LogP contribution in [-0.4, -0.2) is 17.1 Å². The summed E-state index contributed by atoms with van der Waals surface area (Å²) >= 11 is 0. The third-order valence-electron chi connectivity index (χ3n) is 2.90. The van der Waals surface area contributed by atoms with Crippen molar-refractivity contribution in [3.05, 3.63) is 53.9 Å². The molecule has 2 aromatic rings. The largest absolute Gasteiger partial charge is 0.392 e. The summed E-state index contributed by atoms with van der Waals surface area (Å²) in [5.41, 5.74) is 4.13. The highest BCUT2D eigenvalue weighted by Crippen LogP contribution is 2.28. The number of rotatable bonds is 3. The third-order valence-corrected chi connectivity index (χ3v) is 2.90. The number of hydrogen-bond donors (Lipinski definition) is 1. The maximum absolute atomic E-state index is 9.33. The molecule has 0 fully saturated rings. The normalized spacial score (nSPS) is 10.3. The number of aromatic nitrogens is 1. The molecule has 17 heavy (non-hydrogen) atoms. The highest BCUT2D eigenvalue weighted by molar-refractivity contribution is 5.67. The van der Waals surface area contributed by atoms with Gasteiger partial charge in [0.1, 0.15) is 0 Å². The molecule has 0 spiro atoms. The monoisotopic (exact) mass is 228 g/mol. The van der Waals surface area contributed by atoms with Crippen LogP contribution >= 0.6 is 0 Å². The second kappa shape index (κ2) is 4.97. The molecule has 1 heterocycles. The fraction of sp³-hybridized carbons (Fsp3) is 0.214. The van der Waals surface area contributed by atoms with E-state index in [1.54, 1.807) is 12.4 Å². The zero-order valence-electron chi connectivity index (χ0n) is 10.1. The van der Waals surface area contributed by atoms with Crippen molar-refractivity contribution in [2.75, 3.05) is 11.9 Å². The molecule has 0 unspecified atom stereocenters. The topological polar surface area (TPSA) is 36.4 Å². The molecule has 2 rings (SSSR count). The Balaban J connectivity index is 2.44. The molecule has 0 bridgehead atoms. The van der Waals surface area contributed by atoms with Crippen LogP contribution in [-0.2, 0) is 6.61 Å². The molecule has 0 saturated heterocycles. The Morgan fingerprint density at radius 3 is 2.65 bits per heavy atom. The summed E-state index contributed by atoms with van der Waals surface area (Å²) < 4.78 is 0. The fourth-order valence-corrected chi connectivity index (χ4v) is 1.92. The van der Waals surface area contributed by atoms with Crippen molar-refractivity contribution >= 4 is 11.4 Å². The van der Waals surface area contributed by atoms with Gasteiger partial charge in [-0.2, -0.15) is 0 Å². The van der Waals surface area contributed by atoms with Gasteiger partial charge in [0.2, 0.25) is 0 Å². The lowest BCUT2D eigenvalue weighted by Gasteiger charge is -2.23. The average Bonchev–Trinajstić information content (AvgIpc) is 2.38. The van der Waals surface area contributed by atoms with Crippen LogP contribution in [0.15, 0.2) is 42.7 Å². The number of benzene rings is 1. The molecule has 1 aromatic carbocycles. The van der Waals surface area contributed by atoms with Gasteiger partial charge in [-0.3, -0.25) is 4.98 Å². The van der Waals surface area contributed by atoms with E-state index in [1.807, 2.05) is 30.1 Å². The molecule has 0 radical (unpaired) electrons. The van der Waals surface area contributed by atoms with E-state index in [0.29, 0.717) is 0 Å². The number of hydrogen-bond acceptors (Lipinski definition) is 3. The van der Waals surface area contributed by atoms with Gasteiger partial charge in [0, 0.05) is 24.5 Å². The van der Waals surface area contributed by atoms with E-state index in [-0.39, 0.29) is 6.61 Å². The van der Waals surface area contributed by atoms with Crippen molar-refractivity contribution in [3.8, 4) is 0 Å². The maximum Gasteiger partial charge on any atom is 0.0703 e. The Morgan fingerprint density at radius 1 is 1.18 bits per heavy atom. The van der Waals surface area contributed by atoms with Crippen LogP contribution in [0, 0.1) is 6.92 Å². The van der Waals surface area contributed by atoms with Gasteiger partial charge in [0.25, 0.3) is 0 Å². The second-order valence-electron chi connectivity index (χ2n) is 4.01. The van der Waals surface area contributed by atoms with Crippen molar-refractivity contribution in [1.29, 1.82) is 0 Å². The molecule has 0 atom stereocenters. The predicted molar refractivity (Wildman–Crippen MR) is 69.4 cm³/mol. The van der Waals surface area contributed by atoms with Crippen LogP contribution in [0.1, 0.15) is 11.1 Å². The van der Waals surface area contributed by atoms with E-state index in [0.717, 1.165) is 16.9 Å². The summed E-state index contributed by atoms with van der Waals surface area (Å²) in [6.45, 7) is 2.09. The summed E-state index contributed by atoms with van der Waals surface area (Å²) in [5, 5.41) is 9.33. The molecule has 88 valence electrons. The smallest absolute Gasteiger partial charge is 0.0703 e. The Kier molecular flexibility index (Phi) is 3.40. The second-order valence-corrected chi connectivity index (χ2v) is 4.01. The van der Waals surface area contributed by atoms with Gasteiger partial charge in [-0.25, -0.2) is 0 Å². The number of para-hydroxylation sites is 1. The number of aliphatic hydroxyl groups excluding tert-OH is 1. The first-order chi connectivity index (χ1) is 8.24. The lowest BCUT2D eigenvalue weighted by molar-refractivity contribution is 0.282. The van der Waals surface area contributed by atoms with Gasteiger partial charge >= 0.3 is 0 Å². The third kappa shape index (κ3) is 2.29. The molecular formula is C14H16N2O. The van der Waals surface area contributed by atoms with Gasteiger partial charge in [-0.15, -0.1) is 0 Å². The highest BCUT2D eigenvalue weighted by Gasteiger charge is 2.10. The SMILES string of the molecule is Cc1ccccc1N(C)c1cnccc1CO. The van der Waals surface area contributed by atoms with Gasteiger partial charge in [0.05, 0.1) is 18.5 Å². The van der Waals surface area contributed by atoms with Crippen LogP contribution in [0.4, 0.5) is 11.4 Å². The van der Waals surface area contributed by atoms with Crippen molar-refractivity contribution in [2.24, 2.45) is 0 Å². The molecule has 3 heteroatoms. The number of nitrogens with zero attached hydrogens (tertiary/aromatic N) is 2. The standard InChI is InChI=1S/C14H16N2O/c1-11-5-3-4-6-13(11)16(2)14-9-15-8-7-12(14)10-17/h3-9,17H,10H2,1-2H3. The molecular weight excluding hydrogens is 212 g/mol. The molecule has 3 nitrogen and oxygen atoms in total. The van der Waals surface area contributed by atoms with Gasteiger partial charge in [-0.1, -0.05) is 18.2 Å². The minimum absolute atomic E-state index is 0.0219. The van der Waals surface area contributed by atoms with Crippen LogP contribution < -0.4 is 4.90 Å². The van der Waals surface area contributed by atoms with Crippen molar-refractivity contribution in [2.45, 2.75) is 13.5 Å². The predicted octanol–water partition coefficient (Wildman–Crippen LogP) is 2.65. The Labute approximate surface area is 101 Å². The van der Waals surface area contributed by atoms with Crippen LogP contribution in [0.3, 0.4) is 0 Å². The summed E-state index contributed by atoms with van der Waals surface area (Å²) in [5.74, 6) is 0. The zero-order chi connectivity index (χ0) is 12.3. The number of pyridine rings is 1. The molecule has 0 saturated carbocycles. The molecule has 0 amide bonds. The lowest BCUT2D eigenvalue weighted by atomic mass is 10.1. The molecule has 1 aromatic heterocycles. The van der Waals surface area contributed by atoms with Gasteiger partial charge in [-0.05, 0) is 24.6 Å². The van der Waals surface area contributed by atoms with E-state index < -0.39 is 0 Å². The Bertz CT molecular complexity index is 511. The fourth-order valence-electron chi connectivity index (χ4n) is 1.92. The molecule has 0 aliphatic heterocycles. The first-order valence-electron chi connectivity index (χ1n) is 5.57. The van der Waals surface area contributed by atoms with Crippen molar-refractivity contribution in [3.63, 3.8) is 0 Å². The van der Waals surface area contributed by atoms with E-state index >= 15 is 0 Å². The lowest BCUT2D eigenvalue weighted by Crippen LogP contribution is -2.13. The van der Waals surface area contributed by atoms with E-state index in [2.05, 4.69) is 24.0 Å². The highest BCUT2D eigenvalue weighted by atomic mass is 16.3. The van der Waals surface area contributed by atoms with E-state index in [4.69, 9.17) is 0 Å². The Morgan fingerprint density at radius 2 is 1.94 bits per heavy atom. The average molecular weight is 228 g/mol. The van der Waals surface area contributed by atoms with E-state index in [1.165, 1.54) is 5.56 Å². The number of anilines is 2. The summed E-state index contributed by atoms with van der Waals surface area (Å²) in [6.07, 6.45) is 3.47. The van der Waals surface area contributed by atoms with Crippen LogP contribution in [0.25, 0.3) is 0 Å². The first kappa shape index (κ1) is 11.6. The van der Waals surface area contributed by atoms with Gasteiger partial charge < -0.3 is 10.0 Å². The molecule has 0 aliphatic carbocycles. The van der Waals surface area contributed by atoms with Crippen LogP contribution in [0.2, 0.25) is 0 Å². The minimum Gasteiger partial charge on any atom is -0.392 e. The maximum atomic E-state index is 9.33. The van der Waals surface area contributed by atoms with Crippen LogP contribution in [0.5, 0.6) is 0 Å².